The Morgan fingerprint density at radius 2 is 2.47 bits per heavy atom. The van der Waals surface area contributed by atoms with Crippen LogP contribution in [0.3, 0.4) is 0 Å². The number of methoxy groups -OCH3 is 1. The molecule has 1 aliphatic rings. The van der Waals surface area contributed by atoms with Crippen molar-refractivity contribution in [2.75, 3.05) is 26.9 Å². The van der Waals surface area contributed by atoms with Crippen molar-refractivity contribution in [3.8, 4) is 0 Å². The Balaban J connectivity index is 1.89. The highest BCUT2D eigenvalue weighted by atomic mass is 79.9. The van der Waals surface area contributed by atoms with E-state index in [0.717, 1.165) is 19.6 Å². The Kier molecular flexibility index (Phi) is 4.60. The fraction of sp³-hybridized carbons (Fsp3) is 0.667. The molecule has 0 radical (unpaired) electrons. The molecule has 0 aliphatic carbocycles. The molecule has 5 heteroatoms. The van der Waals surface area contributed by atoms with Crippen LogP contribution in [-0.4, -0.2) is 32.5 Å². The Morgan fingerprint density at radius 3 is 3.00 bits per heavy atom. The van der Waals surface area contributed by atoms with Crippen LogP contribution in [-0.2, 0) is 9.47 Å². The molecule has 0 amide bonds. The van der Waals surface area contributed by atoms with Crippen molar-refractivity contribution in [3.63, 3.8) is 0 Å². The topological polar surface area (TPSA) is 30.5 Å². The van der Waals surface area contributed by atoms with Gasteiger partial charge in [-0.3, -0.25) is 0 Å². The zero-order chi connectivity index (χ0) is 12.3. The zero-order valence-corrected chi connectivity index (χ0v) is 12.6. The average Bonchev–Trinajstić information content (AvgIpc) is 2.95. The molecule has 0 bridgehead atoms. The molecular formula is C12H18BrNO2S. The summed E-state index contributed by atoms with van der Waals surface area (Å²) in [7, 11) is 1.77. The van der Waals surface area contributed by atoms with Crippen LogP contribution < -0.4 is 5.32 Å². The summed E-state index contributed by atoms with van der Waals surface area (Å²) in [6.07, 6.45) is 0.970. The molecule has 1 aliphatic heterocycles. The van der Waals surface area contributed by atoms with Gasteiger partial charge in [-0.15, -0.1) is 11.3 Å². The lowest BCUT2D eigenvalue weighted by molar-refractivity contribution is -0.0171. The van der Waals surface area contributed by atoms with E-state index in [9.17, 15) is 0 Å². The van der Waals surface area contributed by atoms with Gasteiger partial charge in [0.1, 0.15) is 5.60 Å². The minimum Gasteiger partial charge on any atom is -0.378 e. The Hall–Kier alpha value is 0.0600. The molecule has 96 valence electrons. The first-order valence-corrected chi connectivity index (χ1v) is 7.38. The number of nitrogens with one attached hydrogen (secondary N) is 1. The lowest BCUT2D eigenvalue weighted by Crippen LogP contribution is -2.43. The zero-order valence-electron chi connectivity index (χ0n) is 10.2. The maximum Gasteiger partial charge on any atom is 0.106 e. The molecule has 0 spiro atoms. The van der Waals surface area contributed by atoms with Gasteiger partial charge in [0.25, 0.3) is 0 Å². The number of ether oxygens (including phenoxy) is 2. The van der Waals surface area contributed by atoms with E-state index in [0.29, 0.717) is 12.6 Å². The minimum absolute atomic E-state index is 0.136. The van der Waals surface area contributed by atoms with Crippen LogP contribution in [0.15, 0.2) is 15.9 Å². The van der Waals surface area contributed by atoms with Crippen molar-refractivity contribution in [2.24, 2.45) is 0 Å². The lowest BCUT2D eigenvalue weighted by atomic mass is 10.0. The first kappa shape index (κ1) is 13.5. The van der Waals surface area contributed by atoms with Gasteiger partial charge in [0.15, 0.2) is 0 Å². The van der Waals surface area contributed by atoms with Gasteiger partial charge < -0.3 is 14.8 Å². The van der Waals surface area contributed by atoms with E-state index in [2.05, 4.69) is 40.3 Å². The Bertz CT molecular complexity index is 363. The summed E-state index contributed by atoms with van der Waals surface area (Å²) >= 11 is 5.26. The van der Waals surface area contributed by atoms with E-state index in [1.54, 1.807) is 18.4 Å². The smallest absolute Gasteiger partial charge is 0.106 e. The molecule has 2 unspecified atom stereocenters. The molecule has 1 N–H and O–H groups in total. The number of hydrogen-bond donors (Lipinski definition) is 1. The van der Waals surface area contributed by atoms with Gasteiger partial charge >= 0.3 is 0 Å². The quantitative estimate of drug-likeness (QED) is 0.905. The van der Waals surface area contributed by atoms with E-state index < -0.39 is 0 Å². The van der Waals surface area contributed by atoms with E-state index in [1.807, 2.05) is 0 Å². The third-order valence-corrected chi connectivity index (χ3v) is 5.06. The predicted octanol–water partition coefficient (Wildman–Crippen LogP) is 2.97. The normalized spacial score (nSPS) is 26.3. The van der Waals surface area contributed by atoms with Crippen LogP contribution in [0.4, 0.5) is 0 Å². The van der Waals surface area contributed by atoms with E-state index in [-0.39, 0.29) is 5.60 Å². The van der Waals surface area contributed by atoms with Crippen LogP contribution in [0.1, 0.15) is 24.3 Å². The second kappa shape index (κ2) is 5.80. The summed E-state index contributed by atoms with van der Waals surface area (Å²) in [5.41, 5.74) is -0.136. The number of thiophene rings is 1. The van der Waals surface area contributed by atoms with Gasteiger partial charge in [-0.1, -0.05) is 0 Å². The van der Waals surface area contributed by atoms with Gasteiger partial charge in [-0.2, -0.15) is 0 Å². The molecule has 2 heterocycles. The van der Waals surface area contributed by atoms with Gasteiger partial charge in [-0.25, -0.2) is 0 Å². The third-order valence-electron chi connectivity index (χ3n) is 3.25. The Morgan fingerprint density at radius 1 is 1.65 bits per heavy atom. The maximum absolute atomic E-state index is 5.60. The molecule has 2 rings (SSSR count). The predicted molar refractivity (Wildman–Crippen MR) is 73.6 cm³/mol. The molecule has 3 nitrogen and oxygen atoms in total. The summed E-state index contributed by atoms with van der Waals surface area (Å²) in [5, 5.41) is 3.53. The number of rotatable bonds is 5. The van der Waals surface area contributed by atoms with Crippen molar-refractivity contribution in [1.29, 1.82) is 0 Å². The molecule has 1 aromatic heterocycles. The second-order valence-electron chi connectivity index (χ2n) is 4.43. The SMILES string of the molecule is COC1(CNC(C)c2ccc(Br)s2)CCOC1. The van der Waals surface area contributed by atoms with Crippen LogP contribution in [0.5, 0.6) is 0 Å². The molecule has 1 fully saturated rings. The monoisotopic (exact) mass is 319 g/mol. The van der Waals surface area contributed by atoms with Crippen molar-refractivity contribution >= 4 is 27.3 Å². The summed E-state index contributed by atoms with van der Waals surface area (Å²) in [6.45, 7) is 4.50. The standard InChI is InChI=1S/C12H18BrNO2S/c1-9(10-3-4-11(13)17-10)14-7-12(15-2)5-6-16-8-12/h3-4,9,14H,5-8H2,1-2H3. The van der Waals surface area contributed by atoms with Crippen LogP contribution in [0.25, 0.3) is 0 Å². The van der Waals surface area contributed by atoms with Crippen molar-refractivity contribution in [1.82, 2.24) is 5.32 Å². The maximum atomic E-state index is 5.60. The van der Waals surface area contributed by atoms with Crippen LogP contribution in [0, 0.1) is 0 Å². The van der Waals surface area contributed by atoms with E-state index in [1.165, 1.54) is 8.66 Å². The molecule has 1 saturated heterocycles. The highest BCUT2D eigenvalue weighted by molar-refractivity contribution is 9.11. The molecule has 0 saturated carbocycles. The van der Waals surface area contributed by atoms with E-state index >= 15 is 0 Å². The summed E-state index contributed by atoms with van der Waals surface area (Å²) in [4.78, 5) is 1.34. The van der Waals surface area contributed by atoms with Crippen LogP contribution >= 0.6 is 27.3 Å². The first-order chi connectivity index (χ1) is 8.15. The van der Waals surface area contributed by atoms with E-state index in [4.69, 9.17) is 9.47 Å². The third kappa shape index (κ3) is 3.29. The van der Waals surface area contributed by atoms with Crippen molar-refractivity contribution < 1.29 is 9.47 Å². The van der Waals surface area contributed by atoms with Crippen LogP contribution in [0.2, 0.25) is 0 Å². The highest BCUT2D eigenvalue weighted by Gasteiger charge is 2.35. The summed E-state index contributed by atoms with van der Waals surface area (Å²) < 4.78 is 12.2. The van der Waals surface area contributed by atoms with Gasteiger partial charge in [0, 0.05) is 37.6 Å². The van der Waals surface area contributed by atoms with Crippen molar-refractivity contribution in [2.45, 2.75) is 25.0 Å². The van der Waals surface area contributed by atoms with Gasteiger partial charge in [0.05, 0.1) is 10.4 Å². The lowest BCUT2D eigenvalue weighted by Gasteiger charge is -2.27. The minimum atomic E-state index is -0.136. The average molecular weight is 320 g/mol. The molecule has 0 aromatic carbocycles. The summed E-state index contributed by atoms with van der Waals surface area (Å²) in [5.74, 6) is 0. The summed E-state index contributed by atoms with van der Waals surface area (Å²) in [6, 6.07) is 4.58. The fourth-order valence-electron chi connectivity index (χ4n) is 1.96. The molecule has 17 heavy (non-hydrogen) atoms. The molecular weight excluding hydrogens is 302 g/mol. The highest BCUT2D eigenvalue weighted by Crippen LogP contribution is 2.28. The molecule has 1 aromatic rings. The van der Waals surface area contributed by atoms with Crippen molar-refractivity contribution in [3.05, 3.63) is 20.8 Å². The second-order valence-corrected chi connectivity index (χ2v) is 6.93. The van der Waals surface area contributed by atoms with Gasteiger partial charge in [-0.05, 0) is 35.0 Å². The first-order valence-electron chi connectivity index (χ1n) is 5.77. The largest absolute Gasteiger partial charge is 0.378 e. The number of halogens is 1. The number of hydrogen-bond acceptors (Lipinski definition) is 4. The van der Waals surface area contributed by atoms with Gasteiger partial charge in [0.2, 0.25) is 0 Å². The molecule has 2 atom stereocenters. The fourth-order valence-corrected chi connectivity index (χ4v) is 3.41. The Labute approximate surface area is 115 Å².